The summed E-state index contributed by atoms with van der Waals surface area (Å²) in [6.45, 7) is 0.627. The molecule has 1 aromatic heterocycles. The molecule has 0 aliphatic carbocycles. The molecule has 0 saturated carbocycles. The Morgan fingerprint density at radius 3 is 2.63 bits per heavy atom. The van der Waals surface area contributed by atoms with Crippen LogP contribution >= 0.6 is 0 Å². The molecule has 0 unspecified atom stereocenters. The summed E-state index contributed by atoms with van der Waals surface area (Å²) < 4.78 is 15.3. The second-order valence-corrected chi connectivity index (χ2v) is 3.81. The standard InChI is InChI=1S/C12H16N4O3/c1-17-10-5-8(13)9(6-11(10)18-2)14-4-3-12-15-7-16-19-12/h5-7,14H,3-4,13H2,1-2H3. The number of nitrogen functional groups attached to an aromatic ring is 1. The van der Waals surface area contributed by atoms with Gasteiger partial charge in [0.15, 0.2) is 17.8 Å². The second kappa shape index (κ2) is 5.94. The Kier molecular flexibility index (Phi) is 4.07. The van der Waals surface area contributed by atoms with Gasteiger partial charge in [0.1, 0.15) is 0 Å². The number of rotatable bonds is 6. The van der Waals surface area contributed by atoms with Crippen molar-refractivity contribution in [2.75, 3.05) is 31.8 Å². The molecule has 0 fully saturated rings. The molecular weight excluding hydrogens is 248 g/mol. The highest BCUT2D eigenvalue weighted by Crippen LogP contribution is 2.34. The Labute approximate surface area is 110 Å². The minimum absolute atomic E-state index is 0.576. The molecule has 3 N–H and O–H groups in total. The molecule has 102 valence electrons. The van der Waals surface area contributed by atoms with Crippen LogP contribution in [0.5, 0.6) is 11.5 Å². The monoisotopic (exact) mass is 264 g/mol. The molecule has 7 heteroatoms. The van der Waals surface area contributed by atoms with Crippen LogP contribution in [0.4, 0.5) is 11.4 Å². The van der Waals surface area contributed by atoms with Crippen LogP contribution in [0.15, 0.2) is 23.0 Å². The van der Waals surface area contributed by atoms with Gasteiger partial charge in [-0.15, -0.1) is 0 Å². The molecular formula is C12H16N4O3. The van der Waals surface area contributed by atoms with Gasteiger partial charge >= 0.3 is 0 Å². The lowest BCUT2D eigenvalue weighted by atomic mass is 10.2. The van der Waals surface area contributed by atoms with Gasteiger partial charge in [-0.3, -0.25) is 0 Å². The maximum Gasteiger partial charge on any atom is 0.228 e. The molecule has 0 spiro atoms. The van der Waals surface area contributed by atoms with Crippen molar-refractivity contribution in [3.63, 3.8) is 0 Å². The van der Waals surface area contributed by atoms with E-state index in [0.717, 1.165) is 5.69 Å². The Bertz CT molecular complexity index is 528. The largest absolute Gasteiger partial charge is 0.493 e. The Morgan fingerprint density at radius 1 is 1.26 bits per heavy atom. The van der Waals surface area contributed by atoms with Gasteiger partial charge in [-0.25, -0.2) is 0 Å². The average molecular weight is 264 g/mol. The zero-order valence-electron chi connectivity index (χ0n) is 10.8. The molecule has 0 amide bonds. The van der Waals surface area contributed by atoms with Crippen molar-refractivity contribution in [3.8, 4) is 11.5 Å². The number of nitrogens with one attached hydrogen (secondary N) is 1. The van der Waals surface area contributed by atoms with Crippen LogP contribution in [-0.4, -0.2) is 30.9 Å². The predicted molar refractivity (Wildman–Crippen MR) is 70.5 cm³/mol. The topological polar surface area (TPSA) is 95.4 Å². The first-order valence-corrected chi connectivity index (χ1v) is 5.75. The minimum atomic E-state index is 0.576. The van der Waals surface area contributed by atoms with Crippen LogP contribution in [0.3, 0.4) is 0 Å². The number of hydrogen-bond acceptors (Lipinski definition) is 7. The lowest BCUT2D eigenvalue weighted by Gasteiger charge is -2.13. The Morgan fingerprint density at radius 2 is 2.00 bits per heavy atom. The summed E-state index contributed by atoms with van der Waals surface area (Å²) >= 11 is 0. The van der Waals surface area contributed by atoms with E-state index in [9.17, 15) is 0 Å². The summed E-state index contributed by atoms with van der Waals surface area (Å²) in [5.41, 5.74) is 7.29. The summed E-state index contributed by atoms with van der Waals surface area (Å²) in [7, 11) is 3.15. The highest BCUT2D eigenvalue weighted by atomic mass is 16.5. The Hall–Kier alpha value is -2.44. The number of hydrogen-bond donors (Lipinski definition) is 2. The van der Waals surface area contributed by atoms with Gasteiger partial charge in [0.2, 0.25) is 5.89 Å². The predicted octanol–water partition coefficient (Wildman–Crippen LogP) is 1.32. The van der Waals surface area contributed by atoms with Crippen molar-refractivity contribution in [2.45, 2.75) is 6.42 Å². The molecule has 2 aromatic rings. The first-order chi connectivity index (χ1) is 9.24. The van der Waals surface area contributed by atoms with E-state index in [-0.39, 0.29) is 0 Å². The number of aromatic nitrogens is 2. The normalized spacial score (nSPS) is 10.2. The van der Waals surface area contributed by atoms with E-state index in [0.29, 0.717) is 36.0 Å². The molecule has 0 bridgehead atoms. The molecule has 0 saturated heterocycles. The van der Waals surface area contributed by atoms with Crippen LogP contribution < -0.4 is 20.5 Å². The average Bonchev–Trinajstić information content (AvgIpc) is 2.93. The number of nitrogens with zero attached hydrogens (tertiary/aromatic N) is 2. The van der Waals surface area contributed by atoms with E-state index < -0.39 is 0 Å². The fraction of sp³-hybridized carbons (Fsp3) is 0.333. The van der Waals surface area contributed by atoms with Crippen LogP contribution in [0.25, 0.3) is 0 Å². The van der Waals surface area contributed by atoms with Crippen LogP contribution in [-0.2, 0) is 6.42 Å². The molecule has 7 nitrogen and oxygen atoms in total. The van der Waals surface area contributed by atoms with Gasteiger partial charge in [-0.05, 0) is 0 Å². The van der Waals surface area contributed by atoms with E-state index in [1.807, 2.05) is 0 Å². The minimum Gasteiger partial charge on any atom is -0.493 e. The summed E-state index contributed by atoms with van der Waals surface area (Å²) in [4.78, 5) is 3.94. The summed E-state index contributed by atoms with van der Waals surface area (Å²) in [6.07, 6.45) is 1.99. The molecule has 0 aliphatic heterocycles. The first kappa shape index (κ1) is 13.0. The zero-order chi connectivity index (χ0) is 13.7. The van der Waals surface area contributed by atoms with E-state index in [1.54, 1.807) is 26.4 Å². The number of benzene rings is 1. The lowest BCUT2D eigenvalue weighted by Crippen LogP contribution is -2.07. The van der Waals surface area contributed by atoms with E-state index in [4.69, 9.17) is 19.7 Å². The van der Waals surface area contributed by atoms with Crippen LogP contribution in [0, 0.1) is 0 Å². The number of nitrogens with two attached hydrogens (primary N) is 1. The molecule has 0 aliphatic rings. The van der Waals surface area contributed by atoms with Gasteiger partial charge in [0, 0.05) is 25.1 Å². The number of ether oxygens (including phenoxy) is 2. The van der Waals surface area contributed by atoms with Gasteiger partial charge < -0.3 is 25.0 Å². The van der Waals surface area contributed by atoms with Gasteiger partial charge in [-0.1, -0.05) is 5.16 Å². The van der Waals surface area contributed by atoms with Crippen molar-refractivity contribution in [2.24, 2.45) is 0 Å². The second-order valence-electron chi connectivity index (χ2n) is 3.81. The summed E-state index contributed by atoms with van der Waals surface area (Å²) in [6, 6.07) is 3.51. The molecule has 0 radical (unpaired) electrons. The number of methoxy groups -OCH3 is 2. The molecule has 0 atom stereocenters. The third kappa shape index (κ3) is 3.06. The van der Waals surface area contributed by atoms with Gasteiger partial charge in [-0.2, -0.15) is 4.98 Å². The number of anilines is 2. The van der Waals surface area contributed by atoms with E-state index in [1.165, 1.54) is 6.33 Å². The molecule has 1 aromatic carbocycles. The van der Waals surface area contributed by atoms with Crippen molar-refractivity contribution in [1.82, 2.24) is 10.1 Å². The van der Waals surface area contributed by atoms with Crippen molar-refractivity contribution >= 4 is 11.4 Å². The molecule has 1 heterocycles. The third-order valence-corrected chi connectivity index (χ3v) is 2.62. The molecule has 19 heavy (non-hydrogen) atoms. The van der Waals surface area contributed by atoms with Crippen LogP contribution in [0.2, 0.25) is 0 Å². The van der Waals surface area contributed by atoms with Crippen molar-refractivity contribution in [1.29, 1.82) is 0 Å². The molecule has 2 rings (SSSR count). The highest BCUT2D eigenvalue weighted by molar-refractivity contribution is 5.72. The van der Waals surface area contributed by atoms with E-state index in [2.05, 4.69) is 15.5 Å². The third-order valence-electron chi connectivity index (χ3n) is 2.62. The first-order valence-electron chi connectivity index (χ1n) is 5.75. The fourth-order valence-corrected chi connectivity index (χ4v) is 1.66. The van der Waals surface area contributed by atoms with Crippen molar-refractivity contribution in [3.05, 3.63) is 24.4 Å². The lowest BCUT2D eigenvalue weighted by molar-refractivity contribution is 0.355. The maximum absolute atomic E-state index is 5.93. The van der Waals surface area contributed by atoms with Gasteiger partial charge in [0.05, 0.1) is 25.6 Å². The van der Waals surface area contributed by atoms with Crippen molar-refractivity contribution < 1.29 is 14.0 Å². The van der Waals surface area contributed by atoms with Gasteiger partial charge in [0.25, 0.3) is 0 Å². The fourth-order valence-electron chi connectivity index (χ4n) is 1.66. The van der Waals surface area contributed by atoms with Crippen LogP contribution in [0.1, 0.15) is 5.89 Å². The highest BCUT2D eigenvalue weighted by Gasteiger charge is 2.09. The smallest absolute Gasteiger partial charge is 0.228 e. The van der Waals surface area contributed by atoms with E-state index >= 15 is 0 Å². The summed E-state index contributed by atoms with van der Waals surface area (Å²) in [5, 5.41) is 6.73. The maximum atomic E-state index is 5.93. The summed E-state index contributed by atoms with van der Waals surface area (Å²) in [5.74, 6) is 1.80. The SMILES string of the molecule is COc1cc(N)c(NCCc2ncno2)cc1OC. The zero-order valence-corrected chi connectivity index (χ0v) is 10.8. The quantitative estimate of drug-likeness (QED) is 0.760. The Balaban J connectivity index is 2.03.